The van der Waals surface area contributed by atoms with Gasteiger partial charge in [0.15, 0.2) is 5.78 Å². The standard InChI is InChI=1S/C24H36OS/c1-15(2)19-8-9-20-17(7-6-11-24(19,20)5)13-22-21-14-18(25)10-12-23(21,4)16(3)26-22/h14,16-17,19-20,22H,1,6-13H2,2-5H3/t16?,17?,19?,20?,22-,23-,24-/m1/s1. The van der Waals surface area contributed by atoms with Crippen molar-refractivity contribution >= 4 is 17.5 Å². The predicted molar refractivity (Wildman–Crippen MR) is 112 cm³/mol. The molecule has 4 unspecified atom stereocenters. The molecule has 3 aliphatic carbocycles. The van der Waals surface area contributed by atoms with Crippen molar-refractivity contribution in [2.45, 2.75) is 89.6 Å². The molecule has 0 spiro atoms. The maximum Gasteiger partial charge on any atom is 0.155 e. The number of hydrogen-bond acceptors (Lipinski definition) is 2. The Morgan fingerprint density at radius 2 is 2.04 bits per heavy atom. The second-order valence-electron chi connectivity index (χ2n) is 10.2. The van der Waals surface area contributed by atoms with Gasteiger partial charge in [-0.15, -0.1) is 0 Å². The first-order valence-corrected chi connectivity index (χ1v) is 11.8. The predicted octanol–water partition coefficient (Wildman–Crippen LogP) is 6.58. The molecule has 1 saturated heterocycles. The molecule has 1 aliphatic heterocycles. The van der Waals surface area contributed by atoms with Gasteiger partial charge in [-0.25, -0.2) is 0 Å². The van der Waals surface area contributed by atoms with Crippen molar-refractivity contribution in [2.75, 3.05) is 0 Å². The van der Waals surface area contributed by atoms with Crippen LogP contribution in [0.4, 0.5) is 0 Å². The molecule has 2 saturated carbocycles. The van der Waals surface area contributed by atoms with E-state index >= 15 is 0 Å². The van der Waals surface area contributed by atoms with Gasteiger partial charge in [0, 0.05) is 22.3 Å². The van der Waals surface area contributed by atoms with E-state index in [1.54, 1.807) is 0 Å². The Morgan fingerprint density at radius 1 is 1.27 bits per heavy atom. The first-order chi connectivity index (χ1) is 12.3. The van der Waals surface area contributed by atoms with Crippen LogP contribution in [0.3, 0.4) is 0 Å². The number of hydrogen-bond donors (Lipinski definition) is 0. The summed E-state index contributed by atoms with van der Waals surface area (Å²) in [6.07, 6.45) is 12.1. The number of rotatable bonds is 3. The molecular weight excluding hydrogens is 336 g/mol. The fourth-order valence-corrected chi connectivity index (χ4v) is 9.09. The molecule has 1 nitrogen and oxygen atoms in total. The highest BCUT2D eigenvalue weighted by Crippen LogP contribution is 2.62. The van der Waals surface area contributed by atoms with Crippen molar-refractivity contribution in [2.24, 2.45) is 28.6 Å². The first-order valence-electron chi connectivity index (χ1n) is 10.8. The number of carbonyl (C=O) groups excluding carboxylic acids is 1. The average Bonchev–Trinajstić information content (AvgIpc) is 3.05. The highest BCUT2D eigenvalue weighted by molar-refractivity contribution is 8.01. The fourth-order valence-electron chi connectivity index (χ4n) is 7.20. The van der Waals surface area contributed by atoms with Crippen LogP contribution in [-0.4, -0.2) is 16.3 Å². The summed E-state index contributed by atoms with van der Waals surface area (Å²) >= 11 is 2.17. The molecule has 1 heterocycles. The number of fused-ring (bicyclic) bond motifs is 2. The second-order valence-corrected chi connectivity index (χ2v) is 11.8. The van der Waals surface area contributed by atoms with Gasteiger partial charge < -0.3 is 0 Å². The van der Waals surface area contributed by atoms with Crippen molar-refractivity contribution < 1.29 is 4.79 Å². The maximum absolute atomic E-state index is 12.1. The minimum atomic E-state index is 0.261. The Morgan fingerprint density at radius 3 is 2.77 bits per heavy atom. The minimum absolute atomic E-state index is 0.261. The van der Waals surface area contributed by atoms with E-state index in [0.717, 1.165) is 30.6 Å². The molecule has 2 heteroatoms. The van der Waals surface area contributed by atoms with E-state index in [1.165, 1.54) is 49.7 Å². The summed E-state index contributed by atoms with van der Waals surface area (Å²) in [4.78, 5) is 12.1. The molecule has 0 aromatic heterocycles. The molecule has 0 amide bonds. The SMILES string of the molecule is C=C(C)C1CCC2C(C[C@H]3SC(C)[C@@]4(C)CCC(=O)C=C34)CCC[C@]12C. The molecule has 4 rings (SSSR count). The summed E-state index contributed by atoms with van der Waals surface area (Å²) in [5.74, 6) is 2.80. The first kappa shape index (κ1) is 18.8. The lowest BCUT2D eigenvalue weighted by Gasteiger charge is -2.46. The zero-order valence-corrected chi connectivity index (χ0v) is 18.0. The van der Waals surface area contributed by atoms with Crippen LogP contribution in [0.15, 0.2) is 23.8 Å². The minimum Gasteiger partial charge on any atom is -0.295 e. The van der Waals surface area contributed by atoms with Crippen molar-refractivity contribution in [3.05, 3.63) is 23.8 Å². The highest BCUT2D eigenvalue weighted by atomic mass is 32.2. The van der Waals surface area contributed by atoms with Gasteiger partial charge in [-0.3, -0.25) is 4.79 Å². The molecule has 0 radical (unpaired) electrons. The van der Waals surface area contributed by atoms with Crippen molar-refractivity contribution in [3.8, 4) is 0 Å². The zero-order chi connectivity index (χ0) is 18.7. The summed E-state index contributed by atoms with van der Waals surface area (Å²) in [5, 5.41) is 1.23. The van der Waals surface area contributed by atoms with Crippen LogP contribution in [0.2, 0.25) is 0 Å². The summed E-state index contributed by atoms with van der Waals surface area (Å²) in [7, 11) is 0. The average molecular weight is 373 g/mol. The van der Waals surface area contributed by atoms with Gasteiger partial charge in [-0.2, -0.15) is 11.8 Å². The summed E-state index contributed by atoms with van der Waals surface area (Å²) in [6.45, 7) is 14.0. The molecule has 26 heavy (non-hydrogen) atoms. The normalized spacial score (nSPS) is 48.1. The Balaban J connectivity index is 1.56. The second kappa shape index (κ2) is 6.54. The van der Waals surface area contributed by atoms with E-state index in [4.69, 9.17) is 0 Å². The number of carbonyl (C=O) groups is 1. The third kappa shape index (κ3) is 2.77. The number of allylic oxidation sites excluding steroid dienone is 2. The summed E-state index contributed by atoms with van der Waals surface area (Å²) in [5.41, 5.74) is 3.64. The molecule has 0 bridgehead atoms. The zero-order valence-electron chi connectivity index (χ0n) is 17.1. The maximum atomic E-state index is 12.1. The lowest BCUT2D eigenvalue weighted by atomic mass is 9.59. The molecule has 144 valence electrons. The van der Waals surface area contributed by atoms with Crippen LogP contribution >= 0.6 is 11.8 Å². The Hall–Kier alpha value is -0.500. The van der Waals surface area contributed by atoms with Gasteiger partial charge in [0.25, 0.3) is 0 Å². The Kier molecular flexibility index (Phi) is 4.74. The van der Waals surface area contributed by atoms with Gasteiger partial charge in [0.2, 0.25) is 0 Å². The van der Waals surface area contributed by atoms with E-state index < -0.39 is 0 Å². The molecule has 0 N–H and O–H groups in total. The van der Waals surface area contributed by atoms with Gasteiger partial charge in [-0.1, -0.05) is 45.8 Å². The highest BCUT2D eigenvalue weighted by Gasteiger charge is 2.53. The van der Waals surface area contributed by atoms with E-state index in [2.05, 4.69) is 52.1 Å². The van der Waals surface area contributed by atoms with E-state index in [-0.39, 0.29) is 5.41 Å². The van der Waals surface area contributed by atoms with E-state index in [1.807, 2.05) is 0 Å². The van der Waals surface area contributed by atoms with Crippen LogP contribution in [0.25, 0.3) is 0 Å². The van der Waals surface area contributed by atoms with E-state index in [0.29, 0.717) is 21.7 Å². The number of thioether (sulfide) groups is 1. The van der Waals surface area contributed by atoms with Crippen molar-refractivity contribution in [3.63, 3.8) is 0 Å². The quantitative estimate of drug-likeness (QED) is 0.520. The summed E-state index contributed by atoms with van der Waals surface area (Å²) in [6, 6.07) is 0. The third-order valence-electron chi connectivity index (χ3n) is 8.86. The molecule has 3 fully saturated rings. The lowest BCUT2D eigenvalue weighted by molar-refractivity contribution is -0.115. The largest absolute Gasteiger partial charge is 0.295 e. The molecular formula is C24H36OS. The van der Waals surface area contributed by atoms with Crippen LogP contribution in [-0.2, 0) is 4.79 Å². The van der Waals surface area contributed by atoms with Crippen LogP contribution in [0.1, 0.15) is 79.1 Å². The molecule has 0 aromatic carbocycles. The van der Waals surface area contributed by atoms with Crippen LogP contribution in [0, 0.1) is 28.6 Å². The Bertz CT molecular complexity index is 649. The van der Waals surface area contributed by atoms with Gasteiger partial charge >= 0.3 is 0 Å². The smallest absolute Gasteiger partial charge is 0.155 e. The van der Waals surface area contributed by atoms with Crippen molar-refractivity contribution in [1.29, 1.82) is 0 Å². The number of ketones is 1. The van der Waals surface area contributed by atoms with Gasteiger partial charge in [0.1, 0.15) is 0 Å². The van der Waals surface area contributed by atoms with Gasteiger partial charge in [-0.05, 0) is 73.8 Å². The Labute approximate surface area is 164 Å². The van der Waals surface area contributed by atoms with Gasteiger partial charge in [0.05, 0.1) is 0 Å². The van der Waals surface area contributed by atoms with Crippen molar-refractivity contribution in [1.82, 2.24) is 0 Å². The fraction of sp³-hybridized carbons (Fsp3) is 0.792. The van der Waals surface area contributed by atoms with Crippen LogP contribution < -0.4 is 0 Å². The van der Waals surface area contributed by atoms with E-state index in [9.17, 15) is 4.79 Å². The molecule has 0 aromatic rings. The monoisotopic (exact) mass is 372 g/mol. The molecule has 7 atom stereocenters. The topological polar surface area (TPSA) is 17.1 Å². The van der Waals surface area contributed by atoms with Crippen LogP contribution in [0.5, 0.6) is 0 Å². The third-order valence-corrected chi connectivity index (χ3v) is 10.6. The molecule has 4 aliphatic rings. The summed E-state index contributed by atoms with van der Waals surface area (Å²) < 4.78 is 0. The lowest BCUT2D eigenvalue weighted by Crippen LogP contribution is -2.38.